The molecule has 1 aromatic heterocycles. The van der Waals surface area contributed by atoms with Crippen molar-refractivity contribution in [2.24, 2.45) is 5.92 Å². The number of nitrogens with zero attached hydrogens (tertiary/aromatic N) is 2. The molecule has 0 aliphatic carbocycles. The van der Waals surface area contributed by atoms with Crippen molar-refractivity contribution in [3.63, 3.8) is 0 Å². The number of carbonyl (C=O) groups excluding carboxylic acids is 1. The third kappa shape index (κ3) is 4.30. The maximum Gasteiger partial charge on any atom is 0.273 e. The molecule has 0 saturated carbocycles. The van der Waals surface area contributed by atoms with E-state index in [1.807, 2.05) is 17.0 Å². The van der Waals surface area contributed by atoms with Gasteiger partial charge in [0.25, 0.3) is 5.91 Å². The molecular formula is C15H23BrN2O. The summed E-state index contributed by atoms with van der Waals surface area (Å²) in [7, 11) is 0. The van der Waals surface area contributed by atoms with Gasteiger partial charge in [0.1, 0.15) is 5.69 Å². The van der Waals surface area contributed by atoms with Crippen molar-refractivity contribution in [2.45, 2.75) is 46.6 Å². The summed E-state index contributed by atoms with van der Waals surface area (Å²) < 4.78 is 0.764. The second-order valence-electron chi connectivity index (χ2n) is 5.16. The number of hydrogen-bond acceptors (Lipinski definition) is 2. The summed E-state index contributed by atoms with van der Waals surface area (Å²) in [6, 6.07) is 3.97. The summed E-state index contributed by atoms with van der Waals surface area (Å²) in [6.07, 6.45) is 3.61. The zero-order valence-corrected chi connectivity index (χ0v) is 13.8. The van der Waals surface area contributed by atoms with Gasteiger partial charge in [-0.15, -0.1) is 0 Å². The van der Waals surface area contributed by atoms with Crippen LogP contribution in [0.2, 0.25) is 0 Å². The number of pyridine rings is 1. The highest BCUT2D eigenvalue weighted by atomic mass is 79.9. The zero-order valence-electron chi connectivity index (χ0n) is 12.2. The fourth-order valence-electron chi connectivity index (χ4n) is 2.20. The van der Waals surface area contributed by atoms with Crippen molar-refractivity contribution in [1.29, 1.82) is 0 Å². The first kappa shape index (κ1) is 16.2. The van der Waals surface area contributed by atoms with Crippen LogP contribution in [-0.2, 0) is 0 Å². The van der Waals surface area contributed by atoms with Crippen molar-refractivity contribution in [3.05, 3.63) is 28.5 Å². The van der Waals surface area contributed by atoms with E-state index in [0.29, 0.717) is 11.6 Å². The fourth-order valence-corrected chi connectivity index (χ4v) is 2.62. The van der Waals surface area contributed by atoms with E-state index in [1.54, 1.807) is 6.20 Å². The molecular weight excluding hydrogens is 304 g/mol. The molecule has 1 amide bonds. The lowest BCUT2D eigenvalue weighted by Crippen LogP contribution is -2.42. The SMILES string of the molecule is CCC(CC)N(CC(C)C)C(=O)c1ncccc1Br. The first-order valence-corrected chi connectivity index (χ1v) is 7.71. The van der Waals surface area contributed by atoms with Gasteiger partial charge >= 0.3 is 0 Å². The highest BCUT2D eigenvalue weighted by molar-refractivity contribution is 9.10. The number of hydrogen-bond donors (Lipinski definition) is 0. The molecule has 0 aliphatic heterocycles. The van der Waals surface area contributed by atoms with E-state index in [2.05, 4.69) is 48.6 Å². The lowest BCUT2D eigenvalue weighted by Gasteiger charge is -2.32. The largest absolute Gasteiger partial charge is 0.334 e. The minimum Gasteiger partial charge on any atom is -0.334 e. The minimum absolute atomic E-state index is 0.0230. The summed E-state index contributed by atoms with van der Waals surface area (Å²) in [4.78, 5) is 18.9. The third-order valence-electron chi connectivity index (χ3n) is 3.17. The van der Waals surface area contributed by atoms with E-state index in [1.165, 1.54) is 0 Å². The van der Waals surface area contributed by atoms with Gasteiger partial charge in [-0.2, -0.15) is 0 Å². The highest BCUT2D eigenvalue weighted by Gasteiger charge is 2.25. The van der Waals surface area contributed by atoms with Crippen LogP contribution < -0.4 is 0 Å². The van der Waals surface area contributed by atoms with Crippen LogP contribution in [0.1, 0.15) is 51.0 Å². The second kappa shape index (κ2) is 7.63. The average molecular weight is 327 g/mol. The summed E-state index contributed by atoms with van der Waals surface area (Å²) in [5, 5.41) is 0. The van der Waals surface area contributed by atoms with Crippen LogP contribution in [0.4, 0.5) is 0 Å². The predicted molar refractivity (Wildman–Crippen MR) is 82.2 cm³/mol. The van der Waals surface area contributed by atoms with Crippen molar-refractivity contribution < 1.29 is 4.79 Å². The van der Waals surface area contributed by atoms with E-state index in [-0.39, 0.29) is 11.9 Å². The molecule has 0 bridgehead atoms. The van der Waals surface area contributed by atoms with Crippen LogP contribution in [0.15, 0.2) is 22.8 Å². The van der Waals surface area contributed by atoms with Crippen molar-refractivity contribution in [3.8, 4) is 0 Å². The topological polar surface area (TPSA) is 33.2 Å². The molecule has 1 heterocycles. The molecule has 4 heteroatoms. The molecule has 0 radical (unpaired) electrons. The van der Waals surface area contributed by atoms with Gasteiger partial charge in [-0.1, -0.05) is 27.7 Å². The lowest BCUT2D eigenvalue weighted by atomic mass is 10.1. The van der Waals surface area contributed by atoms with Gasteiger partial charge in [-0.25, -0.2) is 4.98 Å². The first-order chi connectivity index (χ1) is 9.01. The van der Waals surface area contributed by atoms with E-state index >= 15 is 0 Å². The number of amides is 1. The third-order valence-corrected chi connectivity index (χ3v) is 3.81. The van der Waals surface area contributed by atoms with Crippen LogP contribution in [0.25, 0.3) is 0 Å². The molecule has 106 valence electrons. The second-order valence-corrected chi connectivity index (χ2v) is 6.01. The normalized spacial score (nSPS) is 11.1. The summed E-state index contributed by atoms with van der Waals surface area (Å²) >= 11 is 3.41. The Kier molecular flexibility index (Phi) is 6.49. The molecule has 0 spiro atoms. The number of rotatable bonds is 6. The molecule has 0 aromatic carbocycles. The number of carbonyl (C=O) groups is 1. The highest BCUT2D eigenvalue weighted by Crippen LogP contribution is 2.20. The molecule has 0 saturated heterocycles. The van der Waals surface area contributed by atoms with Crippen molar-refractivity contribution in [2.75, 3.05) is 6.54 Å². The maximum atomic E-state index is 12.7. The van der Waals surface area contributed by atoms with Crippen molar-refractivity contribution >= 4 is 21.8 Å². The van der Waals surface area contributed by atoms with E-state index in [4.69, 9.17) is 0 Å². The molecule has 19 heavy (non-hydrogen) atoms. The fraction of sp³-hybridized carbons (Fsp3) is 0.600. The predicted octanol–water partition coefficient (Wildman–Crippen LogP) is 4.13. The smallest absolute Gasteiger partial charge is 0.273 e. The van der Waals surface area contributed by atoms with E-state index in [0.717, 1.165) is 23.9 Å². The molecule has 0 atom stereocenters. The zero-order chi connectivity index (χ0) is 14.4. The van der Waals surface area contributed by atoms with E-state index < -0.39 is 0 Å². The van der Waals surface area contributed by atoms with Crippen LogP contribution in [0.5, 0.6) is 0 Å². The number of halogens is 1. The van der Waals surface area contributed by atoms with Gasteiger partial charge in [-0.3, -0.25) is 4.79 Å². The minimum atomic E-state index is 0.0230. The molecule has 1 rings (SSSR count). The van der Waals surface area contributed by atoms with Crippen LogP contribution in [0.3, 0.4) is 0 Å². The molecule has 3 nitrogen and oxygen atoms in total. The van der Waals surface area contributed by atoms with Gasteiger partial charge in [0, 0.05) is 23.3 Å². The van der Waals surface area contributed by atoms with E-state index in [9.17, 15) is 4.79 Å². The van der Waals surface area contributed by atoms with Gasteiger partial charge in [0.2, 0.25) is 0 Å². The molecule has 0 unspecified atom stereocenters. The monoisotopic (exact) mass is 326 g/mol. The molecule has 1 aromatic rings. The van der Waals surface area contributed by atoms with Gasteiger partial charge in [-0.05, 0) is 46.8 Å². The Morgan fingerprint density at radius 1 is 1.37 bits per heavy atom. The summed E-state index contributed by atoms with van der Waals surface area (Å²) in [6.45, 7) is 9.30. The average Bonchev–Trinajstić information content (AvgIpc) is 2.38. The molecule has 0 N–H and O–H groups in total. The molecule has 0 aliphatic rings. The maximum absolute atomic E-state index is 12.7. The van der Waals surface area contributed by atoms with Crippen LogP contribution in [0, 0.1) is 5.92 Å². The summed E-state index contributed by atoms with van der Waals surface area (Å²) in [5.74, 6) is 0.474. The number of aromatic nitrogens is 1. The Balaban J connectivity index is 3.03. The first-order valence-electron chi connectivity index (χ1n) is 6.92. The Bertz CT molecular complexity index is 416. The van der Waals surface area contributed by atoms with Crippen molar-refractivity contribution in [1.82, 2.24) is 9.88 Å². The standard InChI is InChI=1S/C15H23BrN2O/c1-5-12(6-2)18(10-11(3)4)15(19)14-13(16)8-7-9-17-14/h7-9,11-12H,5-6,10H2,1-4H3. The lowest BCUT2D eigenvalue weighted by molar-refractivity contribution is 0.0633. The molecule has 0 fully saturated rings. The Morgan fingerprint density at radius 3 is 2.47 bits per heavy atom. The Labute approximate surface area is 124 Å². The summed E-state index contributed by atoms with van der Waals surface area (Å²) in [5.41, 5.74) is 0.509. The Morgan fingerprint density at radius 2 is 2.00 bits per heavy atom. The van der Waals surface area contributed by atoms with Crippen LogP contribution >= 0.6 is 15.9 Å². The van der Waals surface area contributed by atoms with Gasteiger partial charge in [0.05, 0.1) is 0 Å². The Hall–Kier alpha value is -0.900. The van der Waals surface area contributed by atoms with Gasteiger partial charge in [0.15, 0.2) is 0 Å². The quantitative estimate of drug-likeness (QED) is 0.787. The van der Waals surface area contributed by atoms with Crippen LogP contribution in [-0.4, -0.2) is 28.4 Å². The van der Waals surface area contributed by atoms with Gasteiger partial charge < -0.3 is 4.90 Å².